The van der Waals surface area contributed by atoms with Crippen molar-refractivity contribution in [3.63, 3.8) is 0 Å². The summed E-state index contributed by atoms with van der Waals surface area (Å²) in [5.41, 5.74) is 4.01. The normalized spacial score (nSPS) is 31.3. The molecule has 4 heteroatoms. The van der Waals surface area contributed by atoms with Gasteiger partial charge in [-0.2, -0.15) is 0 Å². The summed E-state index contributed by atoms with van der Waals surface area (Å²) in [6, 6.07) is 5.36. The van der Waals surface area contributed by atoms with Crippen LogP contribution < -0.4 is 4.90 Å². The first kappa shape index (κ1) is 14.7. The maximum atomic E-state index is 13.0. The fraction of sp³-hybridized carbons (Fsp3) is 0.368. The van der Waals surface area contributed by atoms with Gasteiger partial charge in [-0.25, -0.2) is 4.90 Å². The van der Waals surface area contributed by atoms with Gasteiger partial charge in [0.1, 0.15) is 0 Å². The molecule has 0 unspecified atom stereocenters. The Morgan fingerprint density at radius 1 is 1.04 bits per heavy atom. The highest BCUT2D eigenvalue weighted by Crippen LogP contribution is 2.57. The van der Waals surface area contributed by atoms with Crippen LogP contribution in [0, 0.1) is 30.6 Å². The lowest BCUT2D eigenvalue weighted by Crippen LogP contribution is -2.33. The van der Waals surface area contributed by atoms with Gasteiger partial charge in [-0.1, -0.05) is 41.0 Å². The summed E-state index contributed by atoms with van der Waals surface area (Å²) in [4.78, 5) is 27.3. The molecule has 3 nitrogen and oxygen atoms in total. The van der Waals surface area contributed by atoms with Crippen LogP contribution in [-0.4, -0.2) is 11.8 Å². The van der Waals surface area contributed by atoms with Gasteiger partial charge >= 0.3 is 0 Å². The zero-order chi connectivity index (χ0) is 16.5. The van der Waals surface area contributed by atoms with Gasteiger partial charge in [0.15, 0.2) is 0 Å². The Balaban J connectivity index is 1.77. The van der Waals surface area contributed by atoms with Gasteiger partial charge in [-0.3, -0.25) is 9.59 Å². The van der Waals surface area contributed by atoms with Gasteiger partial charge in [0.2, 0.25) is 11.8 Å². The molecule has 1 saturated heterocycles. The lowest BCUT2D eigenvalue weighted by Gasteiger charge is -2.19. The van der Waals surface area contributed by atoms with E-state index in [4.69, 9.17) is 11.6 Å². The summed E-state index contributed by atoms with van der Waals surface area (Å²) in [6.45, 7) is 6.03. The number of rotatable bonds is 1. The van der Waals surface area contributed by atoms with E-state index in [1.165, 1.54) is 16.0 Å². The van der Waals surface area contributed by atoms with E-state index < -0.39 is 0 Å². The number of fused-ring (bicyclic) bond motifs is 5. The summed E-state index contributed by atoms with van der Waals surface area (Å²) in [5.74, 6) is -0.509. The second-order valence-electron chi connectivity index (χ2n) is 6.89. The van der Waals surface area contributed by atoms with E-state index in [0.29, 0.717) is 10.7 Å². The van der Waals surface area contributed by atoms with Crippen LogP contribution in [0.3, 0.4) is 0 Å². The SMILES string of the molecule is CC(C)=C1[C@@H]2C=C[C@@H]1[C@@H]1C(=O)N(c3ccc(C)c(Cl)c3)C(=O)[C@H]12. The molecule has 1 saturated carbocycles. The number of aryl methyl sites for hydroxylation is 1. The van der Waals surface area contributed by atoms with Crippen molar-refractivity contribution in [3.05, 3.63) is 52.1 Å². The Kier molecular flexibility index (Phi) is 3.08. The molecule has 1 heterocycles. The number of carbonyl (C=O) groups excluding carboxylic acids is 2. The van der Waals surface area contributed by atoms with Crippen molar-refractivity contribution < 1.29 is 9.59 Å². The number of anilines is 1. The van der Waals surface area contributed by atoms with Crippen LogP contribution in [0.25, 0.3) is 0 Å². The fourth-order valence-electron chi connectivity index (χ4n) is 4.41. The zero-order valence-corrected chi connectivity index (χ0v) is 14.1. The first-order valence-corrected chi connectivity index (χ1v) is 8.29. The van der Waals surface area contributed by atoms with Crippen LogP contribution in [-0.2, 0) is 9.59 Å². The lowest BCUT2D eigenvalue weighted by molar-refractivity contribution is -0.122. The average molecular weight is 328 g/mol. The average Bonchev–Trinajstić information content (AvgIpc) is 3.13. The molecule has 0 N–H and O–H groups in total. The molecule has 2 fully saturated rings. The summed E-state index contributed by atoms with van der Waals surface area (Å²) >= 11 is 6.17. The highest BCUT2D eigenvalue weighted by molar-refractivity contribution is 6.32. The number of allylic oxidation sites excluding steroid dienone is 4. The minimum absolute atomic E-state index is 0.0809. The molecule has 118 valence electrons. The third-order valence-corrected chi connectivity index (χ3v) is 5.81. The van der Waals surface area contributed by atoms with Crippen molar-refractivity contribution in [2.24, 2.45) is 23.7 Å². The topological polar surface area (TPSA) is 37.4 Å². The molecule has 3 aliphatic rings. The molecule has 4 rings (SSSR count). The molecule has 1 aliphatic heterocycles. The van der Waals surface area contributed by atoms with Crippen LogP contribution in [0.2, 0.25) is 5.02 Å². The Morgan fingerprint density at radius 2 is 1.61 bits per heavy atom. The number of imide groups is 1. The number of hydrogen-bond acceptors (Lipinski definition) is 2. The zero-order valence-electron chi connectivity index (χ0n) is 13.3. The third-order valence-electron chi connectivity index (χ3n) is 5.41. The molecule has 0 aromatic heterocycles. The third kappa shape index (κ3) is 1.83. The molecular weight excluding hydrogens is 310 g/mol. The van der Waals surface area contributed by atoms with E-state index in [2.05, 4.69) is 26.0 Å². The largest absolute Gasteiger partial charge is 0.274 e. The van der Waals surface area contributed by atoms with Gasteiger partial charge in [-0.15, -0.1) is 0 Å². The predicted molar refractivity (Wildman–Crippen MR) is 90.2 cm³/mol. The molecule has 2 amide bonds. The first-order chi connectivity index (χ1) is 10.9. The van der Waals surface area contributed by atoms with Gasteiger partial charge in [0.25, 0.3) is 0 Å². The first-order valence-electron chi connectivity index (χ1n) is 7.91. The van der Waals surface area contributed by atoms with Crippen LogP contribution >= 0.6 is 11.6 Å². The van der Waals surface area contributed by atoms with E-state index >= 15 is 0 Å². The van der Waals surface area contributed by atoms with Crippen molar-refractivity contribution in [1.29, 1.82) is 0 Å². The molecule has 1 aromatic rings. The van der Waals surface area contributed by atoms with Crippen LogP contribution in [0.4, 0.5) is 5.69 Å². The molecule has 0 spiro atoms. The molecule has 2 bridgehead atoms. The van der Waals surface area contributed by atoms with Crippen LogP contribution in [0.1, 0.15) is 19.4 Å². The van der Waals surface area contributed by atoms with Crippen LogP contribution in [0.15, 0.2) is 41.5 Å². The van der Waals surface area contributed by atoms with Crippen molar-refractivity contribution in [2.75, 3.05) is 4.90 Å². The van der Waals surface area contributed by atoms with Crippen molar-refractivity contribution in [3.8, 4) is 0 Å². The molecule has 0 radical (unpaired) electrons. The number of amides is 2. The van der Waals surface area contributed by atoms with Crippen LogP contribution in [0.5, 0.6) is 0 Å². The number of carbonyl (C=O) groups is 2. The molecule has 1 aromatic carbocycles. The van der Waals surface area contributed by atoms with Gasteiger partial charge in [0.05, 0.1) is 17.5 Å². The summed E-state index contributed by atoms with van der Waals surface area (Å²) < 4.78 is 0. The Bertz CT molecular complexity index is 770. The van der Waals surface area contributed by atoms with Gasteiger partial charge in [0, 0.05) is 16.9 Å². The Labute approximate surface area is 140 Å². The number of hydrogen-bond donors (Lipinski definition) is 0. The van der Waals surface area contributed by atoms with Crippen molar-refractivity contribution in [1.82, 2.24) is 0 Å². The highest BCUT2D eigenvalue weighted by atomic mass is 35.5. The van der Waals surface area contributed by atoms with E-state index in [9.17, 15) is 9.59 Å². The maximum Gasteiger partial charge on any atom is 0.238 e. The fourth-order valence-corrected chi connectivity index (χ4v) is 4.58. The summed E-state index contributed by atoms with van der Waals surface area (Å²) in [6.07, 6.45) is 4.20. The molecule has 2 aliphatic carbocycles. The molecular formula is C19H18ClNO2. The summed E-state index contributed by atoms with van der Waals surface area (Å²) in [7, 11) is 0. The summed E-state index contributed by atoms with van der Waals surface area (Å²) in [5, 5.41) is 0.575. The number of halogens is 1. The predicted octanol–water partition coefficient (Wildman–Crippen LogP) is 3.91. The smallest absolute Gasteiger partial charge is 0.238 e. The monoisotopic (exact) mass is 327 g/mol. The van der Waals surface area contributed by atoms with Crippen molar-refractivity contribution in [2.45, 2.75) is 20.8 Å². The van der Waals surface area contributed by atoms with E-state index in [0.717, 1.165) is 5.56 Å². The number of nitrogens with zero attached hydrogens (tertiary/aromatic N) is 1. The minimum atomic E-state index is -0.248. The number of benzene rings is 1. The highest BCUT2D eigenvalue weighted by Gasteiger charge is 2.61. The maximum absolute atomic E-state index is 13.0. The van der Waals surface area contributed by atoms with E-state index in [1.54, 1.807) is 12.1 Å². The lowest BCUT2D eigenvalue weighted by atomic mass is 9.85. The quantitative estimate of drug-likeness (QED) is 0.579. The van der Waals surface area contributed by atoms with Gasteiger partial charge < -0.3 is 0 Å². The molecule has 23 heavy (non-hydrogen) atoms. The van der Waals surface area contributed by atoms with E-state index in [-0.39, 0.29) is 35.5 Å². The minimum Gasteiger partial charge on any atom is -0.274 e. The van der Waals surface area contributed by atoms with E-state index in [1.807, 2.05) is 13.0 Å². The molecule has 4 atom stereocenters. The Hall–Kier alpha value is -1.87. The Morgan fingerprint density at radius 3 is 2.09 bits per heavy atom. The van der Waals surface area contributed by atoms with Gasteiger partial charge in [-0.05, 0) is 38.5 Å². The second kappa shape index (κ2) is 4.81. The standard InChI is InChI=1S/C19H18ClNO2/c1-9(2)15-12-6-7-13(15)17-16(12)18(22)21(19(17)23)11-5-4-10(3)14(20)8-11/h4-8,12-13,16-17H,1-3H3/t12-,13-,16-,17-/m0/s1. The van der Waals surface area contributed by atoms with Crippen molar-refractivity contribution >= 4 is 29.1 Å². The second-order valence-corrected chi connectivity index (χ2v) is 7.30.